The van der Waals surface area contributed by atoms with Gasteiger partial charge in [-0.15, -0.1) is 0 Å². The SMILES string of the molecule is CC(O)C(NC(=O)C(Cc1ccccc1)NC(=O)C(CCC(N)=O)NC(=O)C1CCCN1)C(=O)O. The van der Waals surface area contributed by atoms with Gasteiger partial charge >= 0.3 is 5.97 Å². The number of rotatable bonds is 13. The molecule has 2 rings (SSSR count). The molecular weight excluding hydrogens is 458 g/mol. The van der Waals surface area contributed by atoms with Gasteiger partial charge in [-0.3, -0.25) is 19.2 Å². The lowest BCUT2D eigenvalue weighted by atomic mass is 10.0. The largest absolute Gasteiger partial charge is 0.480 e. The van der Waals surface area contributed by atoms with Crippen LogP contribution in [0.4, 0.5) is 0 Å². The Labute approximate surface area is 203 Å². The molecule has 12 nitrogen and oxygen atoms in total. The number of hydrogen-bond acceptors (Lipinski definition) is 7. The fraction of sp³-hybridized carbons (Fsp3) is 0.522. The van der Waals surface area contributed by atoms with E-state index >= 15 is 0 Å². The van der Waals surface area contributed by atoms with Gasteiger partial charge in [0.05, 0.1) is 12.1 Å². The van der Waals surface area contributed by atoms with Crippen LogP contribution in [0, 0.1) is 0 Å². The molecule has 1 aliphatic heterocycles. The zero-order valence-electron chi connectivity index (χ0n) is 19.5. The first-order valence-electron chi connectivity index (χ1n) is 11.5. The number of nitrogens with two attached hydrogens (primary N) is 1. The standard InChI is InChI=1S/C23H33N5O7/c1-13(29)19(23(34)35)28-22(33)17(12-14-6-3-2-4-7-14)27-21(32)16(9-10-18(24)30)26-20(31)15-8-5-11-25-15/h2-4,6-7,13,15-17,19,25,29H,5,8-12H2,1H3,(H2,24,30)(H,26,31)(H,27,32)(H,28,33)(H,34,35). The molecule has 0 saturated carbocycles. The lowest BCUT2D eigenvalue weighted by Crippen LogP contribution is -2.58. The highest BCUT2D eigenvalue weighted by Gasteiger charge is 2.32. The first-order chi connectivity index (χ1) is 16.6. The van der Waals surface area contributed by atoms with Crippen molar-refractivity contribution in [2.24, 2.45) is 5.73 Å². The van der Waals surface area contributed by atoms with Crippen molar-refractivity contribution >= 4 is 29.6 Å². The van der Waals surface area contributed by atoms with Crippen molar-refractivity contribution in [1.82, 2.24) is 21.3 Å². The molecule has 35 heavy (non-hydrogen) atoms. The number of benzene rings is 1. The van der Waals surface area contributed by atoms with Gasteiger partial charge in [-0.25, -0.2) is 4.79 Å². The van der Waals surface area contributed by atoms with Crippen molar-refractivity contribution in [3.8, 4) is 0 Å². The van der Waals surface area contributed by atoms with Crippen LogP contribution in [0.25, 0.3) is 0 Å². The molecule has 0 aliphatic carbocycles. The Morgan fingerprint density at radius 3 is 2.26 bits per heavy atom. The summed E-state index contributed by atoms with van der Waals surface area (Å²) in [4.78, 5) is 61.4. The fourth-order valence-corrected chi connectivity index (χ4v) is 3.71. The van der Waals surface area contributed by atoms with Gasteiger partial charge in [-0.05, 0) is 38.3 Å². The Bertz CT molecular complexity index is 903. The smallest absolute Gasteiger partial charge is 0.328 e. The highest BCUT2D eigenvalue weighted by atomic mass is 16.4. The lowest BCUT2D eigenvalue weighted by Gasteiger charge is -2.26. The average Bonchev–Trinajstić information content (AvgIpc) is 3.34. The predicted molar refractivity (Wildman–Crippen MR) is 125 cm³/mol. The van der Waals surface area contributed by atoms with Gasteiger partial charge in [0.15, 0.2) is 6.04 Å². The van der Waals surface area contributed by atoms with Crippen LogP contribution in [0.1, 0.15) is 38.2 Å². The molecule has 1 aliphatic rings. The number of carboxylic acids is 1. The van der Waals surface area contributed by atoms with Gasteiger partial charge in [0.1, 0.15) is 12.1 Å². The average molecular weight is 492 g/mol. The molecule has 0 aromatic heterocycles. The summed E-state index contributed by atoms with van der Waals surface area (Å²) in [7, 11) is 0. The summed E-state index contributed by atoms with van der Waals surface area (Å²) < 4.78 is 0. The maximum atomic E-state index is 13.1. The number of nitrogens with one attached hydrogen (secondary N) is 4. The molecule has 1 fully saturated rings. The predicted octanol–water partition coefficient (Wildman–Crippen LogP) is -1.83. The summed E-state index contributed by atoms with van der Waals surface area (Å²) in [6.45, 7) is 1.89. The highest BCUT2D eigenvalue weighted by molar-refractivity contribution is 5.94. The van der Waals surface area contributed by atoms with Gasteiger partial charge < -0.3 is 37.2 Å². The molecule has 1 aromatic carbocycles. The zero-order chi connectivity index (χ0) is 26.0. The number of aliphatic carboxylic acids is 1. The molecule has 192 valence electrons. The zero-order valence-corrected chi connectivity index (χ0v) is 19.5. The second kappa shape index (κ2) is 13.4. The minimum absolute atomic E-state index is 0.0191. The monoisotopic (exact) mass is 491 g/mol. The van der Waals surface area contributed by atoms with E-state index in [0.29, 0.717) is 18.5 Å². The summed E-state index contributed by atoms with van der Waals surface area (Å²) in [5.41, 5.74) is 5.90. The van der Waals surface area contributed by atoms with Crippen LogP contribution < -0.4 is 27.0 Å². The number of aliphatic hydroxyl groups is 1. The van der Waals surface area contributed by atoms with Crippen LogP contribution in [0.5, 0.6) is 0 Å². The highest BCUT2D eigenvalue weighted by Crippen LogP contribution is 2.09. The van der Waals surface area contributed by atoms with E-state index in [4.69, 9.17) is 5.73 Å². The first-order valence-corrected chi connectivity index (χ1v) is 11.5. The Morgan fingerprint density at radius 1 is 1.06 bits per heavy atom. The molecule has 8 N–H and O–H groups in total. The summed E-state index contributed by atoms with van der Waals surface area (Å²) in [6.07, 6.45) is -0.203. The minimum atomic E-state index is -1.59. The van der Waals surface area contributed by atoms with E-state index < -0.39 is 59.9 Å². The van der Waals surface area contributed by atoms with Gasteiger partial charge in [0.25, 0.3) is 0 Å². The molecule has 1 saturated heterocycles. The first kappa shape index (κ1) is 27.7. The van der Waals surface area contributed by atoms with Crippen molar-refractivity contribution in [1.29, 1.82) is 0 Å². The third-order valence-electron chi connectivity index (χ3n) is 5.65. The molecule has 5 atom stereocenters. The number of primary amides is 1. The number of carboxylic acid groups (broad SMARTS) is 1. The van der Waals surface area contributed by atoms with Gasteiger partial charge in [0, 0.05) is 12.8 Å². The summed E-state index contributed by atoms with van der Waals surface area (Å²) in [5.74, 6) is -4.05. The Balaban J connectivity index is 2.20. The van der Waals surface area contributed by atoms with Gasteiger partial charge in [-0.2, -0.15) is 0 Å². The minimum Gasteiger partial charge on any atom is -0.480 e. The van der Waals surface area contributed by atoms with Crippen LogP contribution in [-0.2, 0) is 30.4 Å². The third-order valence-corrected chi connectivity index (χ3v) is 5.65. The van der Waals surface area contributed by atoms with Crippen molar-refractivity contribution in [2.75, 3.05) is 6.54 Å². The van der Waals surface area contributed by atoms with E-state index in [2.05, 4.69) is 21.3 Å². The molecule has 0 spiro atoms. The molecule has 12 heteroatoms. The second-order valence-corrected chi connectivity index (χ2v) is 8.53. The van der Waals surface area contributed by atoms with E-state index in [1.807, 2.05) is 0 Å². The molecule has 1 heterocycles. The van der Waals surface area contributed by atoms with E-state index in [1.165, 1.54) is 6.92 Å². The molecule has 0 bridgehead atoms. The quantitative estimate of drug-likeness (QED) is 0.167. The number of carbonyl (C=O) groups is 5. The molecule has 5 unspecified atom stereocenters. The number of hydrogen-bond donors (Lipinski definition) is 7. The normalized spacial score (nSPS) is 18.5. The van der Waals surface area contributed by atoms with Crippen molar-refractivity contribution in [2.45, 2.75) is 69.3 Å². The number of amides is 4. The Hall–Kier alpha value is -3.51. The second-order valence-electron chi connectivity index (χ2n) is 8.53. The third kappa shape index (κ3) is 8.98. The van der Waals surface area contributed by atoms with E-state index in [9.17, 15) is 34.2 Å². The fourth-order valence-electron chi connectivity index (χ4n) is 3.71. The molecule has 1 aromatic rings. The number of aliphatic hydroxyl groups excluding tert-OH is 1. The topological polar surface area (TPSA) is 200 Å². The van der Waals surface area contributed by atoms with Crippen LogP contribution in [0.2, 0.25) is 0 Å². The molecular formula is C23H33N5O7. The van der Waals surface area contributed by atoms with Crippen LogP contribution in [0.15, 0.2) is 30.3 Å². The van der Waals surface area contributed by atoms with E-state index in [0.717, 1.165) is 6.42 Å². The lowest BCUT2D eigenvalue weighted by molar-refractivity contribution is -0.145. The maximum absolute atomic E-state index is 13.1. The van der Waals surface area contributed by atoms with Gasteiger partial charge in [-0.1, -0.05) is 30.3 Å². The maximum Gasteiger partial charge on any atom is 0.328 e. The summed E-state index contributed by atoms with van der Waals surface area (Å²) in [6, 6.07) is 4.30. The summed E-state index contributed by atoms with van der Waals surface area (Å²) in [5, 5.41) is 29.4. The molecule has 0 radical (unpaired) electrons. The Morgan fingerprint density at radius 2 is 1.71 bits per heavy atom. The number of carbonyl (C=O) groups excluding carboxylic acids is 4. The van der Waals surface area contributed by atoms with Crippen molar-refractivity contribution in [3.63, 3.8) is 0 Å². The van der Waals surface area contributed by atoms with E-state index in [-0.39, 0.29) is 19.3 Å². The van der Waals surface area contributed by atoms with Gasteiger partial charge in [0.2, 0.25) is 23.6 Å². The van der Waals surface area contributed by atoms with Crippen LogP contribution in [0.3, 0.4) is 0 Å². The van der Waals surface area contributed by atoms with Crippen molar-refractivity contribution in [3.05, 3.63) is 35.9 Å². The van der Waals surface area contributed by atoms with Crippen LogP contribution in [-0.4, -0.2) is 76.6 Å². The van der Waals surface area contributed by atoms with E-state index in [1.54, 1.807) is 30.3 Å². The Kier molecular flexibility index (Phi) is 10.6. The van der Waals surface area contributed by atoms with Crippen LogP contribution >= 0.6 is 0 Å². The molecule has 4 amide bonds. The van der Waals surface area contributed by atoms with Crippen molar-refractivity contribution < 1.29 is 34.2 Å². The summed E-state index contributed by atoms with van der Waals surface area (Å²) >= 11 is 0.